The first-order valence-electron chi connectivity index (χ1n) is 17.5. The molecule has 0 heterocycles. The molecule has 2 N–H and O–H groups in total. The Morgan fingerprint density at radius 3 is 1.78 bits per heavy atom. The summed E-state index contributed by atoms with van der Waals surface area (Å²) in [5.74, 6) is -1.46. The molecule has 0 bridgehead atoms. The van der Waals surface area contributed by atoms with Gasteiger partial charge in [0.05, 0.1) is 0 Å². The Balaban J connectivity index is 1.79. The van der Waals surface area contributed by atoms with Crippen molar-refractivity contribution in [2.24, 2.45) is 0 Å². The Morgan fingerprint density at radius 2 is 1.28 bits per heavy atom. The summed E-state index contributed by atoms with van der Waals surface area (Å²) < 4.78 is 11.4. The van der Waals surface area contributed by atoms with E-state index in [-0.39, 0.29) is 18.9 Å². The van der Waals surface area contributed by atoms with Crippen molar-refractivity contribution in [2.45, 2.75) is 123 Å². The number of aryl methyl sites for hydroxylation is 2. The zero-order valence-corrected chi connectivity index (χ0v) is 30.7. The van der Waals surface area contributed by atoms with Gasteiger partial charge in [-0.1, -0.05) is 84.4 Å². The minimum absolute atomic E-state index is 0.192. The van der Waals surface area contributed by atoms with Gasteiger partial charge < -0.3 is 25.0 Å². The van der Waals surface area contributed by atoms with E-state index < -0.39 is 53.2 Å². The Morgan fingerprint density at radius 1 is 0.740 bits per heavy atom. The molecule has 1 fully saturated rings. The maximum atomic E-state index is 15.0. The van der Waals surface area contributed by atoms with E-state index in [1.165, 1.54) is 0 Å². The zero-order valence-electron chi connectivity index (χ0n) is 30.7. The fourth-order valence-electron chi connectivity index (χ4n) is 6.00. The second kappa shape index (κ2) is 16.4. The molecule has 268 valence electrons. The molecule has 3 amide bonds. The minimum atomic E-state index is -1.09. The van der Waals surface area contributed by atoms with Gasteiger partial charge in [0, 0.05) is 18.9 Å². The van der Waals surface area contributed by atoms with E-state index in [9.17, 15) is 19.2 Å². The van der Waals surface area contributed by atoms with Crippen LogP contribution in [0.5, 0.6) is 0 Å². The van der Waals surface area contributed by atoms with Gasteiger partial charge in [-0.3, -0.25) is 9.59 Å². The van der Waals surface area contributed by atoms with Gasteiger partial charge in [-0.25, -0.2) is 9.59 Å². The van der Waals surface area contributed by atoms with Crippen molar-refractivity contribution < 1.29 is 28.7 Å². The first-order chi connectivity index (χ1) is 23.5. The third-order valence-electron chi connectivity index (χ3n) is 8.54. The second-order valence-electron chi connectivity index (χ2n) is 15.3. The summed E-state index contributed by atoms with van der Waals surface area (Å²) in [5, 5.41) is 5.85. The summed E-state index contributed by atoms with van der Waals surface area (Å²) in [5.41, 5.74) is 2.53. The molecule has 1 aliphatic carbocycles. The quantitative estimate of drug-likeness (QED) is 0.200. The molecule has 9 heteroatoms. The normalized spacial score (nSPS) is 15.1. The van der Waals surface area contributed by atoms with Gasteiger partial charge in [-0.15, -0.1) is 0 Å². The number of ether oxygens (including phenoxy) is 2. The Bertz CT molecular complexity index is 1620. The maximum Gasteiger partial charge on any atom is 0.408 e. The van der Waals surface area contributed by atoms with E-state index in [4.69, 9.17) is 9.47 Å². The smallest absolute Gasteiger partial charge is 0.408 e. The highest BCUT2D eigenvalue weighted by Gasteiger charge is 2.43. The van der Waals surface area contributed by atoms with Gasteiger partial charge in [0.1, 0.15) is 29.3 Å². The summed E-state index contributed by atoms with van der Waals surface area (Å²) >= 11 is 0. The first-order valence-corrected chi connectivity index (χ1v) is 17.5. The van der Waals surface area contributed by atoms with Crippen LogP contribution < -0.4 is 10.6 Å². The Kier molecular flexibility index (Phi) is 12.5. The fraction of sp³-hybridized carbons (Fsp3) is 0.463. The molecule has 1 aliphatic rings. The molecule has 4 rings (SSSR count). The lowest BCUT2D eigenvalue weighted by Gasteiger charge is -2.44. The standard InChI is InChI=1S/C41H53N3O6/c1-27-22-23-28(2)32(24-27)35(36(45)42-34(38(47)49-40(3,4)5)26-30-18-13-10-14-19-30)44(31-20-15-21-31)37(46)33(25-29-16-11-9-12-17-29)43-39(48)50-41(6,7)8/h9-14,16-19,22-24,31,33-35H,15,20-21,25-26H2,1-8H3,(H,42,45)(H,43,48). The highest BCUT2D eigenvalue weighted by Crippen LogP contribution is 2.36. The average molecular weight is 684 g/mol. The van der Waals surface area contributed by atoms with Crippen molar-refractivity contribution in [1.29, 1.82) is 0 Å². The number of carbonyl (C=O) groups excluding carboxylic acids is 4. The van der Waals surface area contributed by atoms with Gasteiger partial charge in [0.25, 0.3) is 0 Å². The first kappa shape index (κ1) is 38.1. The molecule has 50 heavy (non-hydrogen) atoms. The third-order valence-corrected chi connectivity index (χ3v) is 8.54. The fourth-order valence-corrected chi connectivity index (χ4v) is 6.00. The van der Waals surface area contributed by atoms with Crippen molar-refractivity contribution >= 4 is 23.9 Å². The van der Waals surface area contributed by atoms with Gasteiger partial charge in [0.2, 0.25) is 11.8 Å². The number of hydrogen-bond acceptors (Lipinski definition) is 6. The van der Waals surface area contributed by atoms with E-state index in [0.717, 1.165) is 28.7 Å². The molecule has 3 atom stereocenters. The molecule has 0 aromatic heterocycles. The predicted octanol–water partition coefficient (Wildman–Crippen LogP) is 6.93. The topological polar surface area (TPSA) is 114 Å². The van der Waals surface area contributed by atoms with Crippen LogP contribution in [0.25, 0.3) is 0 Å². The van der Waals surface area contributed by atoms with Crippen LogP contribution in [0.1, 0.15) is 94.7 Å². The van der Waals surface area contributed by atoms with E-state index in [1.807, 2.05) is 92.7 Å². The van der Waals surface area contributed by atoms with Crippen LogP contribution in [0.15, 0.2) is 78.9 Å². The van der Waals surface area contributed by atoms with E-state index in [0.29, 0.717) is 18.4 Å². The lowest BCUT2D eigenvalue weighted by Crippen LogP contribution is -2.59. The number of amides is 3. The van der Waals surface area contributed by atoms with Gasteiger partial charge >= 0.3 is 12.1 Å². The summed E-state index contributed by atoms with van der Waals surface area (Å²) in [6, 6.07) is 21.3. The zero-order chi connectivity index (χ0) is 36.6. The van der Waals surface area contributed by atoms with Crippen molar-refractivity contribution in [3.63, 3.8) is 0 Å². The number of esters is 1. The van der Waals surface area contributed by atoms with Crippen LogP contribution in [0.4, 0.5) is 4.79 Å². The van der Waals surface area contributed by atoms with Crippen LogP contribution in [0.2, 0.25) is 0 Å². The summed E-state index contributed by atoms with van der Waals surface area (Å²) in [4.78, 5) is 58.3. The van der Waals surface area contributed by atoms with Crippen molar-refractivity contribution in [1.82, 2.24) is 15.5 Å². The van der Waals surface area contributed by atoms with Crippen LogP contribution in [0.3, 0.4) is 0 Å². The number of rotatable bonds is 12. The average Bonchev–Trinajstić information content (AvgIpc) is 2.99. The lowest BCUT2D eigenvalue weighted by molar-refractivity contribution is -0.159. The minimum Gasteiger partial charge on any atom is -0.458 e. The molecule has 1 saturated carbocycles. The number of hydrogen-bond donors (Lipinski definition) is 2. The summed E-state index contributed by atoms with van der Waals surface area (Å²) in [7, 11) is 0. The molecule has 0 saturated heterocycles. The molecular weight excluding hydrogens is 630 g/mol. The van der Waals surface area contributed by atoms with Crippen LogP contribution in [-0.4, -0.2) is 58.1 Å². The summed E-state index contributed by atoms with van der Waals surface area (Å²) in [6.45, 7) is 14.5. The highest BCUT2D eigenvalue weighted by molar-refractivity contribution is 5.94. The molecule has 0 aliphatic heterocycles. The number of nitrogens with one attached hydrogen (secondary N) is 2. The number of alkyl carbamates (subject to hydrolysis) is 1. The molecule has 3 aromatic carbocycles. The van der Waals surface area contributed by atoms with Crippen LogP contribution in [-0.2, 0) is 36.7 Å². The summed E-state index contributed by atoms with van der Waals surface area (Å²) in [6.07, 6.45) is 1.97. The maximum absolute atomic E-state index is 15.0. The molecular formula is C41H53N3O6. The van der Waals surface area contributed by atoms with E-state index in [1.54, 1.807) is 46.4 Å². The number of nitrogens with zero attached hydrogens (tertiary/aromatic N) is 1. The lowest BCUT2D eigenvalue weighted by atomic mass is 9.86. The second-order valence-corrected chi connectivity index (χ2v) is 15.3. The van der Waals surface area contributed by atoms with Gasteiger partial charge in [0.15, 0.2) is 0 Å². The van der Waals surface area contributed by atoms with Crippen LogP contribution >= 0.6 is 0 Å². The molecule has 0 spiro atoms. The molecule has 3 aromatic rings. The predicted molar refractivity (Wildman–Crippen MR) is 194 cm³/mol. The largest absolute Gasteiger partial charge is 0.458 e. The van der Waals surface area contributed by atoms with Gasteiger partial charge in [-0.2, -0.15) is 0 Å². The van der Waals surface area contributed by atoms with E-state index >= 15 is 0 Å². The van der Waals surface area contributed by atoms with Crippen LogP contribution in [0, 0.1) is 13.8 Å². The highest BCUT2D eigenvalue weighted by atomic mass is 16.6. The van der Waals surface area contributed by atoms with Gasteiger partial charge in [-0.05, 0) is 96.9 Å². The third kappa shape index (κ3) is 10.9. The number of carbonyl (C=O) groups is 4. The monoisotopic (exact) mass is 683 g/mol. The molecule has 0 radical (unpaired) electrons. The van der Waals surface area contributed by atoms with Crippen molar-refractivity contribution in [3.8, 4) is 0 Å². The Labute approximate surface area is 297 Å². The SMILES string of the molecule is Cc1ccc(C)c(C(C(=O)NC(Cc2ccccc2)C(=O)OC(C)(C)C)N(C(=O)C(Cc2ccccc2)NC(=O)OC(C)(C)C)C2CCC2)c1. The number of benzene rings is 3. The van der Waals surface area contributed by atoms with Crippen molar-refractivity contribution in [2.75, 3.05) is 0 Å². The Hall–Kier alpha value is -4.66. The van der Waals surface area contributed by atoms with E-state index in [2.05, 4.69) is 10.6 Å². The van der Waals surface area contributed by atoms with Crippen molar-refractivity contribution in [3.05, 3.63) is 107 Å². The molecule has 3 unspecified atom stereocenters. The molecule has 9 nitrogen and oxygen atoms in total.